The summed E-state index contributed by atoms with van der Waals surface area (Å²) in [4.78, 5) is 14.5. The van der Waals surface area contributed by atoms with Gasteiger partial charge in [0.05, 0.1) is 25.8 Å². The van der Waals surface area contributed by atoms with Gasteiger partial charge in [0.1, 0.15) is 12.4 Å². The molecule has 2 amide bonds. The van der Waals surface area contributed by atoms with Gasteiger partial charge in [0.2, 0.25) is 0 Å². The number of nitrogens with zero attached hydrogens (tertiary/aromatic N) is 1. The van der Waals surface area contributed by atoms with E-state index in [9.17, 15) is 4.79 Å². The van der Waals surface area contributed by atoms with Crippen molar-refractivity contribution >= 4 is 6.03 Å². The number of ether oxygens (including phenoxy) is 2. The molecule has 6 heteroatoms. The molecule has 1 saturated heterocycles. The number of hydrogen-bond acceptors (Lipinski definition) is 4. The summed E-state index contributed by atoms with van der Waals surface area (Å²) in [5, 5.41) is 5.83. The Hall–Kier alpha value is -2.57. The number of rotatable bonds is 8. The van der Waals surface area contributed by atoms with Crippen molar-refractivity contribution < 1.29 is 14.3 Å². The minimum atomic E-state index is -0.180. The van der Waals surface area contributed by atoms with Crippen molar-refractivity contribution in [2.45, 2.75) is 6.04 Å². The van der Waals surface area contributed by atoms with Crippen LogP contribution in [0.5, 0.6) is 5.75 Å². The van der Waals surface area contributed by atoms with Crippen LogP contribution in [0.3, 0.4) is 0 Å². The molecule has 0 spiro atoms. The number of benzene rings is 2. The molecule has 6 nitrogen and oxygen atoms in total. The fourth-order valence-corrected chi connectivity index (χ4v) is 3.12. The monoisotopic (exact) mass is 369 g/mol. The van der Waals surface area contributed by atoms with Gasteiger partial charge in [-0.05, 0) is 17.7 Å². The van der Waals surface area contributed by atoms with Crippen LogP contribution in [0, 0.1) is 0 Å². The van der Waals surface area contributed by atoms with E-state index in [1.807, 2.05) is 48.5 Å². The zero-order valence-corrected chi connectivity index (χ0v) is 15.5. The average Bonchev–Trinajstić information content (AvgIpc) is 2.74. The maximum atomic E-state index is 12.2. The molecule has 1 unspecified atom stereocenters. The van der Waals surface area contributed by atoms with Gasteiger partial charge >= 0.3 is 6.03 Å². The van der Waals surface area contributed by atoms with Gasteiger partial charge in [0.15, 0.2) is 0 Å². The summed E-state index contributed by atoms with van der Waals surface area (Å²) in [6.07, 6.45) is 0. The molecule has 2 aromatic rings. The Labute approximate surface area is 160 Å². The Morgan fingerprint density at radius 1 is 1.00 bits per heavy atom. The van der Waals surface area contributed by atoms with Crippen molar-refractivity contribution in [3.63, 3.8) is 0 Å². The number of hydrogen-bond donors (Lipinski definition) is 2. The van der Waals surface area contributed by atoms with Gasteiger partial charge in [-0.15, -0.1) is 0 Å². The molecule has 0 aliphatic carbocycles. The molecule has 1 atom stereocenters. The molecular formula is C21H27N3O3. The lowest BCUT2D eigenvalue weighted by atomic mass is 10.0. The minimum absolute atomic E-state index is 0.140. The molecule has 0 saturated carbocycles. The van der Waals surface area contributed by atoms with Gasteiger partial charge in [-0.2, -0.15) is 0 Å². The van der Waals surface area contributed by atoms with Gasteiger partial charge in [0, 0.05) is 19.6 Å². The van der Waals surface area contributed by atoms with Crippen molar-refractivity contribution in [1.29, 1.82) is 0 Å². The molecule has 2 aromatic carbocycles. The molecular weight excluding hydrogens is 342 g/mol. The van der Waals surface area contributed by atoms with Crippen LogP contribution in [0.15, 0.2) is 60.7 Å². The summed E-state index contributed by atoms with van der Waals surface area (Å²) < 4.78 is 11.0. The lowest BCUT2D eigenvalue weighted by Gasteiger charge is -2.34. The average molecular weight is 369 g/mol. The second-order valence-corrected chi connectivity index (χ2v) is 6.37. The number of carbonyl (C=O) groups is 1. The first-order valence-corrected chi connectivity index (χ1v) is 9.39. The number of para-hydroxylation sites is 1. The summed E-state index contributed by atoms with van der Waals surface area (Å²) in [7, 11) is 0. The molecule has 1 aliphatic rings. The van der Waals surface area contributed by atoms with E-state index in [2.05, 4.69) is 27.7 Å². The number of morpholine rings is 1. The van der Waals surface area contributed by atoms with Crippen molar-refractivity contribution in [2.75, 3.05) is 46.0 Å². The smallest absolute Gasteiger partial charge is 0.314 e. The van der Waals surface area contributed by atoms with Gasteiger partial charge in [-0.1, -0.05) is 48.5 Å². The highest BCUT2D eigenvalue weighted by molar-refractivity contribution is 5.73. The third-order valence-electron chi connectivity index (χ3n) is 4.53. The van der Waals surface area contributed by atoms with Crippen LogP contribution >= 0.6 is 0 Å². The highest BCUT2D eigenvalue weighted by atomic mass is 16.5. The molecule has 0 radical (unpaired) electrons. The fraction of sp³-hybridized carbons (Fsp3) is 0.381. The lowest BCUT2D eigenvalue weighted by molar-refractivity contribution is 0.0167. The van der Waals surface area contributed by atoms with E-state index in [4.69, 9.17) is 9.47 Å². The van der Waals surface area contributed by atoms with E-state index in [1.54, 1.807) is 0 Å². The summed E-state index contributed by atoms with van der Waals surface area (Å²) in [5.74, 6) is 0.802. The molecule has 0 aromatic heterocycles. The van der Waals surface area contributed by atoms with Gasteiger partial charge in [-0.25, -0.2) is 4.79 Å². The van der Waals surface area contributed by atoms with E-state index < -0.39 is 0 Å². The quantitative estimate of drug-likeness (QED) is 0.702. The number of carbonyl (C=O) groups excluding carboxylic acids is 1. The molecule has 3 rings (SSSR count). The standard InChI is InChI=1S/C21H27N3O3/c25-21(22-11-14-27-19-9-5-2-6-10-19)23-17-20(18-7-3-1-4-8-18)24-12-15-26-16-13-24/h1-10,20H,11-17H2,(H2,22,23,25). The van der Waals surface area contributed by atoms with Crippen LogP contribution in [-0.2, 0) is 4.74 Å². The van der Waals surface area contributed by atoms with E-state index >= 15 is 0 Å². The zero-order chi connectivity index (χ0) is 18.7. The van der Waals surface area contributed by atoms with E-state index in [0.29, 0.717) is 19.7 Å². The van der Waals surface area contributed by atoms with Crippen molar-refractivity contribution in [2.24, 2.45) is 0 Å². The number of nitrogens with one attached hydrogen (secondary N) is 2. The minimum Gasteiger partial charge on any atom is -0.492 e. The van der Waals surface area contributed by atoms with Crippen molar-refractivity contribution in [3.05, 3.63) is 66.2 Å². The van der Waals surface area contributed by atoms with E-state index in [0.717, 1.165) is 32.1 Å². The second kappa shape index (κ2) is 10.5. The van der Waals surface area contributed by atoms with Gasteiger partial charge in [-0.3, -0.25) is 4.90 Å². The van der Waals surface area contributed by atoms with Crippen molar-refractivity contribution in [3.8, 4) is 5.75 Å². The number of urea groups is 1. The van der Waals surface area contributed by atoms with Gasteiger partial charge < -0.3 is 20.1 Å². The highest BCUT2D eigenvalue weighted by Crippen LogP contribution is 2.20. The maximum absolute atomic E-state index is 12.2. The van der Waals surface area contributed by atoms with Crippen LogP contribution in [0.2, 0.25) is 0 Å². The van der Waals surface area contributed by atoms with Crippen LogP contribution < -0.4 is 15.4 Å². The SMILES string of the molecule is O=C(NCCOc1ccccc1)NCC(c1ccccc1)N1CCOCC1. The van der Waals surface area contributed by atoms with E-state index in [-0.39, 0.29) is 12.1 Å². The first-order chi connectivity index (χ1) is 13.3. The van der Waals surface area contributed by atoms with Crippen LogP contribution in [0.1, 0.15) is 11.6 Å². The van der Waals surface area contributed by atoms with Crippen LogP contribution in [0.25, 0.3) is 0 Å². The molecule has 2 N–H and O–H groups in total. The third-order valence-corrected chi connectivity index (χ3v) is 4.53. The lowest BCUT2D eigenvalue weighted by Crippen LogP contribution is -2.46. The summed E-state index contributed by atoms with van der Waals surface area (Å²) in [5.41, 5.74) is 1.20. The number of amides is 2. The second-order valence-electron chi connectivity index (χ2n) is 6.37. The Kier molecular flexibility index (Phi) is 7.50. The van der Waals surface area contributed by atoms with Crippen LogP contribution in [-0.4, -0.2) is 56.9 Å². The maximum Gasteiger partial charge on any atom is 0.314 e. The molecule has 1 fully saturated rings. The Morgan fingerprint density at radius 3 is 2.37 bits per heavy atom. The molecule has 1 heterocycles. The fourth-order valence-electron chi connectivity index (χ4n) is 3.12. The van der Waals surface area contributed by atoms with Crippen molar-refractivity contribution in [1.82, 2.24) is 15.5 Å². The zero-order valence-electron chi connectivity index (χ0n) is 15.5. The predicted molar refractivity (Wildman–Crippen MR) is 105 cm³/mol. The summed E-state index contributed by atoms with van der Waals surface area (Å²) in [6.45, 7) is 4.63. The molecule has 1 aliphatic heterocycles. The normalized spacial score (nSPS) is 15.7. The largest absolute Gasteiger partial charge is 0.492 e. The Morgan fingerprint density at radius 2 is 1.67 bits per heavy atom. The summed E-state index contributed by atoms with van der Waals surface area (Å²) >= 11 is 0. The predicted octanol–water partition coefficient (Wildman–Crippen LogP) is 2.44. The van der Waals surface area contributed by atoms with Gasteiger partial charge in [0.25, 0.3) is 0 Å². The highest BCUT2D eigenvalue weighted by Gasteiger charge is 2.22. The first-order valence-electron chi connectivity index (χ1n) is 9.39. The first kappa shape index (κ1) is 19.2. The Balaban J connectivity index is 1.44. The molecule has 27 heavy (non-hydrogen) atoms. The Bertz CT molecular complexity index is 676. The molecule has 144 valence electrons. The van der Waals surface area contributed by atoms with E-state index in [1.165, 1.54) is 5.56 Å². The summed E-state index contributed by atoms with van der Waals surface area (Å²) in [6, 6.07) is 19.8. The topological polar surface area (TPSA) is 62.8 Å². The van der Waals surface area contributed by atoms with Crippen LogP contribution in [0.4, 0.5) is 4.79 Å². The molecule has 0 bridgehead atoms. The third kappa shape index (κ3) is 6.27.